The first kappa shape index (κ1) is 13.7. The number of aromatic nitrogens is 1. The van der Waals surface area contributed by atoms with Crippen molar-refractivity contribution in [3.63, 3.8) is 0 Å². The van der Waals surface area contributed by atoms with Gasteiger partial charge in [-0.05, 0) is 0 Å². The molecule has 1 aromatic heterocycles. The number of carbonyl (C=O) groups excluding carboxylic acids is 2. The Hall–Kier alpha value is -2.38. The zero-order chi connectivity index (χ0) is 13.9. The van der Waals surface area contributed by atoms with Crippen molar-refractivity contribution < 1.29 is 34.5 Å². The van der Waals surface area contributed by atoms with Crippen LogP contribution < -0.4 is 9.47 Å². The van der Waals surface area contributed by atoms with Crippen LogP contribution in [-0.2, 0) is 9.59 Å². The van der Waals surface area contributed by atoms with Crippen LogP contribution in [0.4, 0.5) is 0 Å². The molecule has 0 unspecified atom stereocenters. The molecule has 100 valence electrons. The molecule has 0 atom stereocenters. The summed E-state index contributed by atoms with van der Waals surface area (Å²) in [6, 6.07) is 0. The summed E-state index contributed by atoms with van der Waals surface area (Å²) < 4.78 is 9.27. The second-order valence-electron chi connectivity index (χ2n) is 3.27. The number of hydrogen-bond acceptors (Lipinski definition) is 7. The molecule has 3 N–H and O–H groups in total. The lowest BCUT2D eigenvalue weighted by Gasteiger charge is -2.04. The molecule has 0 radical (unpaired) electrons. The maximum atomic E-state index is 11.1. The van der Waals surface area contributed by atoms with E-state index in [1.165, 1.54) is 13.8 Å². The molecule has 0 aliphatic heterocycles. The van der Waals surface area contributed by atoms with Crippen LogP contribution in [0.3, 0.4) is 0 Å². The highest BCUT2D eigenvalue weighted by molar-refractivity contribution is 5.78. The van der Waals surface area contributed by atoms with Crippen LogP contribution in [0.2, 0.25) is 0 Å². The fourth-order valence-corrected chi connectivity index (χ4v) is 1.05. The van der Waals surface area contributed by atoms with E-state index in [0.29, 0.717) is 0 Å². The van der Waals surface area contributed by atoms with Crippen LogP contribution in [0.5, 0.6) is 23.3 Å². The summed E-state index contributed by atoms with van der Waals surface area (Å²) in [5.41, 5.74) is 0. The van der Waals surface area contributed by atoms with Gasteiger partial charge in [-0.3, -0.25) is 9.59 Å². The Morgan fingerprint density at radius 3 is 1.61 bits per heavy atom. The maximum absolute atomic E-state index is 11.1. The third-order valence-electron chi connectivity index (χ3n) is 2.02. The molecule has 18 heavy (non-hydrogen) atoms. The van der Waals surface area contributed by atoms with Crippen LogP contribution in [0.1, 0.15) is 26.7 Å². The predicted octanol–water partition coefficient (Wildman–Crippen LogP) is 0.767. The van der Waals surface area contributed by atoms with Crippen molar-refractivity contribution in [2.75, 3.05) is 0 Å². The molecule has 0 spiro atoms. The molecule has 1 rings (SSSR count). The third kappa shape index (κ3) is 2.47. The Kier molecular flexibility index (Phi) is 4.03. The Bertz CT molecular complexity index is 436. The monoisotopic (exact) mass is 259 g/mol. The first-order valence-corrected chi connectivity index (χ1v) is 5.19. The van der Waals surface area contributed by atoms with Crippen molar-refractivity contribution in [3.05, 3.63) is 0 Å². The molecule has 0 bridgehead atoms. The zero-order valence-corrected chi connectivity index (χ0v) is 9.84. The van der Waals surface area contributed by atoms with Crippen molar-refractivity contribution in [3.8, 4) is 23.3 Å². The molecule has 0 aliphatic rings. The summed E-state index contributed by atoms with van der Waals surface area (Å²) in [5.74, 6) is -4.55. The predicted molar refractivity (Wildman–Crippen MR) is 56.8 cm³/mol. The van der Waals surface area contributed by atoms with E-state index in [0.717, 1.165) is 0 Å². The van der Waals surface area contributed by atoms with Gasteiger partial charge in [0.2, 0.25) is 11.5 Å². The highest BCUT2D eigenvalue weighted by Gasteiger charge is 2.29. The molecular formula is C10H13NO7. The van der Waals surface area contributed by atoms with Gasteiger partial charge in [-0.15, -0.1) is 4.73 Å². The van der Waals surface area contributed by atoms with Crippen molar-refractivity contribution in [1.82, 2.24) is 4.73 Å². The summed E-state index contributed by atoms with van der Waals surface area (Å²) in [4.78, 5) is 22.2. The maximum Gasteiger partial charge on any atom is 0.311 e. The van der Waals surface area contributed by atoms with Gasteiger partial charge in [0, 0.05) is 12.8 Å². The van der Waals surface area contributed by atoms with Crippen molar-refractivity contribution >= 4 is 11.9 Å². The molecule has 0 saturated heterocycles. The molecule has 8 nitrogen and oxygen atoms in total. The summed E-state index contributed by atoms with van der Waals surface area (Å²) in [7, 11) is 0. The first-order chi connectivity index (χ1) is 8.42. The normalized spacial score (nSPS) is 10.1. The molecule has 8 heteroatoms. The molecule has 1 aromatic rings. The van der Waals surface area contributed by atoms with Crippen molar-refractivity contribution in [2.45, 2.75) is 26.7 Å². The Morgan fingerprint density at radius 1 is 1.00 bits per heavy atom. The quantitative estimate of drug-likeness (QED) is 0.539. The summed E-state index contributed by atoms with van der Waals surface area (Å²) in [6.07, 6.45) is -0.00402. The molecule has 0 amide bonds. The number of carbonyl (C=O) groups is 2. The Balaban J connectivity index is 3.17. The molecule has 0 saturated carbocycles. The third-order valence-corrected chi connectivity index (χ3v) is 2.02. The van der Waals surface area contributed by atoms with E-state index in [2.05, 4.69) is 9.47 Å². The minimum Gasteiger partial charge on any atom is -0.490 e. The van der Waals surface area contributed by atoms with Crippen LogP contribution in [0.25, 0.3) is 0 Å². The van der Waals surface area contributed by atoms with Crippen LogP contribution in [0, 0.1) is 0 Å². The van der Waals surface area contributed by atoms with Gasteiger partial charge in [-0.25, -0.2) is 0 Å². The lowest BCUT2D eigenvalue weighted by Crippen LogP contribution is -2.09. The number of esters is 2. The van der Waals surface area contributed by atoms with Gasteiger partial charge in [0.1, 0.15) is 0 Å². The summed E-state index contributed by atoms with van der Waals surface area (Å²) in [6.45, 7) is 3.01. The van der Waals surface area contributed by atoms with Gasteiger partial charge < -0.3 is 24.9 Å². The first-order valence-electron chi connectivity index (χ1n) is 5.19. The largest absolute Gasteiger partial charge is 0.490 e. The Labute approximate surface area is 102 Å². The van der Waals surface area contributed by atoms with Gasteiger partial charge in [-0.1, -0.05) is 13.8 Å². The minimum atomic E-state index is -0.937. The van der Waals surface area contributed by atoms with Gasteiger partial charge in [0.25, 0.3) is 11.8 Å². The van der Waals surface area contributed by atoms with Crippen molar-refractivity contribution in [2.24, 2.45) is 0 Å². The standard InChI is InChI=1S/C10H13NO7/c1-3-5(12)17-7-8(18-6(13)4-2)10(15)11(16)9(7)14/h14-16H,3-4H2,1-2H3. The number of hydrogen-bond donors (Lipinski definition) is 3. The number of ether oxygens (including phenoxy) is 2. The van der Waals surface area contributed by atoms with E-state index < -0.39 is 35.2 Å². The molecule has 0 fully saturated rings. The molecular weight excluding hydrogens is 246 g/mol. The second-order valence-corrected chi connectivity index (χ2v) is 3.27. The van der Waals surface area contributed by atoms with E-state index in [-0.39, 0.29) is 17.6 Å². The molecule has 1 heterocycles. The smallest absolute Gasteiger partial charge is 0.311 e. The van der Waals surface area contributed by atoms with E-state index in [9.17, 15) is 25.0 Å². The second kappa shape index (κ2) is 5.30. The highest BCUT2D eigenvalue weighted by Crippen LogP contribution is 2.46. The topological polar surface area (TPSA) is 118 Å². The summed E-state index contributed by atoms with van der Waals surface area (Å²) >= 11 is 0. The van der Waals surface area contributed by atoms with Gasteiger partial charge in [-0.2, -0.15) is 0 Å². The van der Waals surface area contributed by atoms with E-state index in [1.807, 2.05) is 0 Å². The number of rotatable bonds is 4. The lowest BCUT2D eigenvalue weighted by molar-refractivity contribution is -0.136. The number of aromatic hydroxyl groups is 2. The fourth-order valence-electron chi connectivity index (χ4n) is 1.05. The van der Waals surface area contributed by atoms with E-state index in [4.69, 9.17) is 0 Å². The van der Waals surface area contributed by atoms with E-state index in [1.54, 1.807) is 0 Å². The molecule has 0 aliphatic carbocycles. The number of nitrogens with zero attached hydrogens (tertiary/aromatic N) is 1. The molecule has 0 aromatic carbocycles. The summed E-state index contributed by atoms with van der Waals surface area (Å²) in [5, 5.41) is 28.0. The van der Waals surface area contributed by atoms with E-state index >= 15 is 0 Å². The Morgan fingerprint density at radius 2 is 1.33 bits per heavy atom. The lowest BCUT2D eigenvalue weighted by atomic mass is 10.4. The average Bonchev–Trinajstić information content (AvgIpc) is 2.56. The zero-order valence-electron chi connectivity index (χ0n) is 9.84. The van der Waals surface area contributed by atoms with Crippen molar-refractivity contribution in [1.29, 1.82) is 0 Å². The average molecular weight is 259 g/mol. The van der Waals surface area contributed by atoms with Crippen LogP contribution in [0.15, 0.2) is 0 Å². The minimum absolute atomic E-state index is 0.00201. The highest BCUT2D eigenvalue weighted by atomic mass is 16.6. The van der Waals surface area contributed by atoms with Crippen LogP contribution >= 0.6 is 0 Å². The van der Waals surface area contributed by atoms with Gasteiger partial charge >= 0.3 is 11.9 Å². The van der Waals surface area contributed by atoms with Gasteiger partial charge in [0.05, 0.1) is 0 Å². The van der Waals surface area contributed by atoms with Crippen LogP contribution in [-0.4, -0.2) is 32.1 Å². The fraction of sp³-hybridized carbons (Fsp3) is 0.400. The SMILES string of the molecule is CCC(=O)Oc1c(OC(=O)CC)c(O)n(O)c1O. The van der Waals surface area contributed by atoms with Gasteiger partial charge in [0.15, 0.2) is 0 Å².